The van der Waals surface area contributed by atoms with Crippen LogP contribution in [-0.4, -0.2) is 18.2 Å². The average molecular weight is 354 g/mol. The number of benzene rings is 1. The number of H-pyrrole nitrogens is 1. The Morgan fingerprint density at radius 3 is 2.67 bits per heavy atom. The molecular formula is C16H17BrFNO2. The Labute approximate surface area is 130 Å². The molecule has 1 aromatic carbocycles. The summed E-state index contributed by atoms with van der Waals surface area (Å²) in [5.41, 5.74) is 2.06. The molecule has 0 saturated carbocycles. The van der Waals surface area contributed by atoms with Gasteiger partial charge in [-0.05, 0) is 47.8 Å². The van der Waals surface area contributed by atoms with Crippen molar-refractivity contribution in [3.8, 4) is 0 Å². The van der Waals surface area contributed by atoms with Crippen LogP contribution in [0.4, 0.5) is 4.39 Å². The summed E-state index contributed by atoms with van der Waals surface area (Å²) in [7, 11) is 0. The third-order valence-electron chi connectivity index (χ3n) is 4.47. The molecule has 0 atom stereocenters. The van der Waals surface area contributed by atoms with Crippen molar-refractivity contribution in [2.75, 3.05) is 13.2 Å². The van der Waals surface area contributed by atoms with E-state index in [1.54, 1.807) is 0 Å². The second-order valence-corrected chi connectivity index (χ2v) is 6.79. The quantitative estimate of drug-likeness (QED) is 0.846. The second-order valence-electron chi connectivity index (χ2n) is 5.94. The van der Waals surface area contributed by atoms with Gasteiger partial charge in [0.25, 0.3) is 0 Å². The van der Waals surface area contributed by atoms with Gasteiger partial charge in [0, 0.05) is 39.7 Å². The highest BCUT2D eigenvalue weighted by molar-refractivity contribution is 9.10. The smallest absolute Gasteiger partial charge is 0.192 e. The third kappa shape index (κ3) is 2.42. The molecule has 5 heteroatoms. The zero-order chi connectivity index (χ0) is 15.2. The fourth-order valence-corrected chi connectivity index (χ4v) is 3.62. The van der Waals surface area contributed by atoms with E-state index in [1.165, 1.54) is 12.1 Å². The Morgan fingerprint density at radius 1 is 1.33 bits per heavy atom. The normalized spacial score (nSPS) is 18.1. The zero-order valence-corrected chi connectivity index (χ0v) is 13.6. The number of aromatic nitrogens is 1. The molecule has 1 fully saturated rings. The monoisotopic (exact) mass is 353 g/mol. The van der Waals surface area contributed by atoms with E-state index in [1.807, 2.05) is 6.92 Å². The SMILES string of the molecule is Cc1c(C2(C)CCOCC2)[nH]c2c(Br)cc(F)cc2c1=O. The second kappa shape index (κ2) is 5.21. The summed E-state index contributed by atoms with van der Waals surface area (Å²) in [6.45, 7) is 5.35. The van der Waals surface area contributed by atoms with Crippen LogP contribution in [0, 0.1) is 12.7 Å². The molecule has 112 valence electrons. The van der Waals surface area contributed by atoms with Crippen molar-refractivity contribution in [3.63, 3.8) is 0 Å². The number of ether oxygens (including phenoxy) is 1. The minimum atomic E-state index is -0.413. The summed E-state index contributed by atoms with van der Waals surface area (Å²) in [6, 6.07) is 2.67. The molecule has 0 bridgehead atoms. The van der Waals surface area contributed by atoms with Gasteiger partial charge in [-0.15, -0.1) is 0 Å². The van der Waals surface area contributed by atoms with Gasteiger partial charge in [0.05, 0.1) is 5.52 Å². The van der Waals surface area contributed by atoms with Gasteiger partial charge in [0.1, 0.15) is 5.82 Å². The number of aromatic amines is 1. The maximum Gasteiger partial charge on any atom is 0.192 e. The van der Waals surface area contributed by atoms with E-state index in [0.717, 1.165) is 18.5 Å². The van der Waals surface area contributed by atoms with Crippen molar-refractivity contribution in [1.82, 2.24) is 4.98 Å². The standard InChI is InChI=1S/C16H17BrFNO2/c1-9-14(20)11-7-10(18)8-12(17)13(11)19-15(9)16(2)3-5-21-6-4-16/h7-8H,3-6H2,1-2H3,(H,19,20). The topological polar surface area (TPSA) is 42.1 Å². The Balaban J connectivity index is 2.30. The van der Waals surface area contributed by atoms with Gasteiger partial charge in [-0.2, -0.15) is 0 Å². The summed E-state index contributed by atoms with van der Waals surface area (Å²) in [4.78, 5) is 16.0. The lowest BCUT2D eigenvalue weighted by atomic mass is 9.77. The predicted octanol–water partition coefficient (Wildman–Crippen LogP) is 3.81. The molecule has 2 heterocycles. The molecule has 1 aromatic heterocycles. The lowest BCUT2D eigenvalue weighted by Gasteiger charge is -2.34. The van der Waals surface area contributed by atoms with E-state index in [9.17, 15) is 9.18 Å². The summed E-state index contributed by atoms with van der Waals surface area (Å²) in [6.07, 6.45) is 1.74. The highest BCUT2D eigenvalue weighted by Crippen LogP contribution is 2.35. The van der Waals surface area contributed by atoms with Crippen molar-refractivity contribution in [2.24, 2.45) is 0 Å². The van der Waals surface area contributed by atoms with E-state index < -0.39 is 5.82 Å². The van der Waals surface area contributed by atoms with Crippen molar-refractivity contribution in [2.45, 2.75) is 32.1 Å². The molecule has 0 amide bonds. The highest BCUT2D eigenvalue weighted by atomic mass is 79.9. The van der Waals surface area contributed by atoms with E-state index in [-0.39, 0.29) is 10.8 Å². The maximum absolute atomic E-state index is 13.5. The Morgan fingerprint density at radius 2 is 2.00 bits per heavy atom. The summed E-state index contributed by atoms with van der Waals surface area (Å²) < 4.78 is 19.5. The molecule has 0 aliphatic carbocycles. The highest BCUT2D eigenvalue weighted by Gasteiger charge is 2.32. The van der Waals surface area contributed by atoms with Gasteiger partial charge < -0.3 is 9.72 Å². The molecule has 0 unspecified atom stereocenters. The summed E-state index contributed by atoms with van der Waals surface area (Å²) >= 11 is 3.35. The molecule has 2 aromatic rings. The van der Waals surface area contributed by atoms with Gasteiger partial charge in [-0.25, -0.2) is 4.39 Å². The zero-order valence-electron chi connectivity index (χ0n) is 12.1. The van der Waals surface area contributed by atoms with Crippen LogP contribution in [0.3, 0.4) is 0 Å². The van der Waals surface area contributed by atoms with Crippen LogP contribution in [0.15, 0.2) is 21.4 Å². The first-order chi connectivity index (χ1) is 9.92. The lowest BCUT2D eigenvalue weighted by molar-refractivity contribution is 0.0549. The first-order valence-corrected chi connectivity index (χ1v) is 7.81. The van der Waals surface area contributed by atoms with Crippen LogP contribution in [0.5, 0.6) is 0 Å². The molecule has 1 aliphatic rings. The molecule has 21 heavy (non-hydrogen) atoms. The molecule has 1 aliphatic heterocycles. The third-order valence-corrected chi connectivity index (χ3v) is 5.09. The van der Waals surface area contributed by atoms with Gasteiger partial charge in [0.15, 0.2) is 5.43 Å². The first-order valence-electron chi connectivity index (χ1n) is 7.02. The van der Waals surface area contributed by atoms with E-state index in [2.05, 4.69) is 27.8 Å². The van der Waals surface area contributed by atoms with Gasteiger partial charge in [-0.1, -0.05) is 6.92 Å². The van der Waals surface area contributed by atoms with Crippen LogP contribution in [0.2, 0.25) is 0 Å². The van der Waals surface area contributed by atoms with E-state index in [0.29, 0.717) is 34.2 Å². The molecule has 0 spiro atoms. The van der Waals surface area contributed by atoms with Crippen LogP contribution in [0.25, 0.3) is 10.9 Å². The number of halogens is 2. The number of hydrogen-bond donors (Lipinski definition) is 1. The average Bonchev–Trinajstić information content (AvgIpc) is 2.44. The Hall–Kier alpha value is -1.20. The largest absolute Gasteiger partial charge is 0.381 e. The predicted molar refractivity (Wildman–Crippen MR) is 84.4 cm³/mol. The number of hydrogen-bond acceptors (Lipinski definition) is 2. The van der Waals surface area contributed by atoms with Crippen molar-refractivity contribution in [3.05, 3.63) is 43.9 Å². The van der Waals surface area contributed by atoms with E-state index >= 15 is 0 Å². The molecule has 3 rings (SSSR count). The molecule has 1 N–H and O–H groups in total. The van der Waals surface area contributed by atoms with E-state index in [4.69, 9.17) is 4.74 Å². The van der Waals surface area contributed by atoms with Crippen LogP contribution < -0.4 is 5.43 Å². The Kier molecular flexibility index (Phi) is 3.66. The van der Waals surface area contributed by atoms with Gasteiger partial charge in [-0.3, -0.25) is 4.79 Å². The van der Waals surface area contributed by atoms with Crippen molar-refractivity contribution in [1.29, 1.82) is 0 Å². The first kappa shape index (κ1) is 14.7. The lowest BCUT2D eigenvalue weighted by Crippen LogP contribution is -2.34. The summed E-state index contributed by atoms with van der Waals surface area (Å²) in [5.74, 6) is -0.413. The Bertz CT molecular complexity index is 763. The summed E-state index contributed by atoms with van der Waals surface area (Å²) in [5, 5.41) is 0.388. The van der Waals surface area contributed by atoms with Gasteiger partial charge >= 0.3 is 0 Å². The minimum Gasteiger partial charge on any atom is -0.381 e. The molecule has 3 nitrogen and oxygen atoms in total. The number of rotatable bonds is 1. The van der Waals surface area contributed by atoms with Gasteiger partial charge in [0.2, 0.25) is 0 Å². The molecular weight excluding hydrogens is 337 g/mol. The number of nitrogens with one attached hydrogen (secondary N) is 1. The maximum atomic E-state index is 13.5. The fraction of sp³-hybridized carbons (Fsp3) is 0.438. The van der Waals surface area contributed by atoms with Crippen LogP contribution in [-0.2, 0) is 10.2 Å². The van der Waals surface area contributed by atoms with Crippen molar-refractivity contribution < 1.29 is 9.13 Å². The molecule has 1 saturated heterocycles. The van der Waals surface area contributed by atoms with Crippen LogP contribution in [0.1, 0.15) is 31.0 Å². The molecule has 0 radical (unpaired) electrons. The fourth-order valence-electron chi connectivity index (χ4n) is 3.09. The van der Waals surface area contributed by atoms with Crippen LogP contribution >= 0.6 is 15.9 Å². The minimum absolute atomic E-state index is 0.105. The number of fused-ring (bicyclic) bond motifs is 1. The number of pyridine rings is 1. The van der Waals surface area contributed by atoms with Crippen molar-refractivity contribution >= 4 is 26.8 Å².